The van der Waals surface area contributed by atoms with Crippen molar-refractivity contribution in [3.8, 4) is 0 Å². The molecule has 0 bridgehead atoms. The number of allylic oxidation sites excluding steroid dienone is 3. The van der Waals surface area contributed by atoms with Crippen LogP contribution in [0.4, 0.5) is 0 Å². The Hall–Kier alpha value is -1.18. The van der Waals surface area contributed by atoms with Crippen molar-refractivity contribution >= 4 is 0 Å². The molecule has 0 saturated carbocycles. The molecular weight excluding hydrogens is 176 g/mol. The molecule has 2 heteroatoms. The minimum atomic E-state index is 0.307. The molecule has 1 heterocycles. The minimum absolute atomic E-state index is 0.307. The van der Waals surface area contributed by atoms with Gasteiger partial charge in [-0.1, -0.05) is 40.3 Å². The molecule has 14 heavy (non-hydrogen) atoms. The zero-order valence-electron chi connectivity index (χ0n) is 9.96. The average molecular weight is 198 g/mol. The molecule has 1 aliphatic heterocycles. The van der Waals surface area contributed by atoms with Crippen LogP contribution in [0.3, 0.4) is 0 Å². The molecule has 0 aromatic rings. The Bertz CT molecular complexity index is 190. The first-order valence-corrected chi connectivity index (χ1v) is 5.13. The summed E-state index contributed by atoms with van der Waals surface area (Å²) in [6, 6.07) is 0. The lowest BCUT2D eigenvalue weighted by Gasteiger charge is -1.89. The molecule has 0 spiro atoms. The SMILES string of the molecule is C=CC1=C(/C=C\C)OCO1.CC.CC. The lowest BCUT2D eigenvalue weighted by Crippen LogP contribution is -1.80. The van der Waals surface area contributed by atoms with Crippen LogP contribution in [0.1, 0.15) is 34.6 Å². The van der Waals surface area contributed by atoms with Crippen LogP contribution in [0.5, 0.6) is 0 Å². The molecular formula is C12H22O2. The molecule has 0 amide bonds. The fraction of sp³-hybridized carbons (Fsp3) is 0.500. The molecule has 0 fully saturated rings. The minimum Gasteiger partial charge on any atom is -0.454 e. The lowest BCUT2D eigenvalue weighted by atomic mass is 10.3. The van der Waals surface area contributed by atoms with Gasteiger partial charge in [0.25, 0.3) is 0 Å². The Morgan fingerprint density at radius 3 is 2.00 bits per heavy atom. The van der Waals surface area contributed by atoms with E-state index in [0.29, 0.717) is 6.79 Å². The highest BCUT2D eigenvalue weighted by Crippen LogP contribution is 2.17. The van der Waals surface area contributed by atoms with Gasteiger partial charge in [-0.15, -0.1) is 0 Å². The van der Waals surface area contributed by atoms with Gasteiger partial charge in [0.15, 0.2) is 11.5 Å². The molecule has 0 atom stereocenters. The van der Waals surface area contributed by atoms with Crippen LogP contribution in [-0.4, -0.2) is 6.79 Å². The van der Waals surface area contributed by atoms with Gasteiger partial charge in [0.05, 0.1) is 0 Å². The van der Waals surface area contributed by atoms with E-state index >= 15 is 0 Å². The van der Waals surface area contributed by atoms with Gasteiger partial charge in [-0.25, -0.2) is 0 Å². The van der Waals surface area contributed by atoms with E-state index in [-0.39, 0.29) is 0 Å². The van der Waals surface area contributed by atoms with E-state index in [1.807, 2.05) is 46.8 Å². The van der Waals surface area contributed by atoms with Crippen LogP contribution in [0.15, 0.2) is 36.3 Å². The number of ether oxygens (including phenoxy) is 2. The van der Waals surface area contributed by atoms with Crippen molar-refractivity contribution in [3.63, 3.8) is 0 Å². The highest BCUT2D eigenvalue weighted by Gasteiger charge is 2.10. The second kappa shape index (κ2) is 11.8. The molecule has 0 aromatic carbocycles. The van der Waals surface area contributed by atoms with Gasteiger partial charge in [-0.2, -0.15) is 0 Å². The van der Waals surface area contributed by atoms with Crippen molar-refractivity contribution in [1.29, 1.82) is 0 Å². The van der Waals surface area contributed by atoms with E-state index in [9.17, 15) is 0 Å². The normalized spacial score (nSPS) is 13.2. The summed E-state index contributed by atoms with van der Waals surface area (Å²) in [5.41, 5.74) is 0. The summed E-state index contributed by atoms with van der Waals surface area (Å²) in [5.74, 6) is 1.48. The van der Waals surface area contributed by atoms with Crippen LogP contribution in [-0.2, 0) is 9.47 Å². The van der Waals surface area contributed by atoms with Crippen LogP contribution in [0, 0.1) is 0 Å². The summed E-state index contributed by atoms with van der Waals surface area (Å²) in [6.07, 6.45) is 5.39. The van der Waals surface area contributed by atoms with Crippen LogP contribution >= 0.6 is 0 Å². The van der Waals surface area contributed by atoms with Crippen molar-refractivity contribution < 1.29 is 9.47 Å². The zero-order valence-corrected chi connectivity index (χ0v) is 9.96. The maximum absolute atomic E-state index is 5.10. The Balaban J connectivity index is 0. The average Bonchev–Trinajstić information content (AvgIpc) is 2.72. The zero-order chi connectivity index (χ0) is 11.4. The maximum atomic E-state index is 5.10. The molecule has 0 N–H and O–H groups in total. The van der Waals surface area contributed by atoms with Gasteiger partial charge in [0.2, 0.25) is 6.79 Å². The van der Waals surface area contributed by atoms with Gasteiger partial charge >= 0.3 is 0 Å². The quantitative estimate of drug-likeness (QED) is 0.667. The maximum Gasteiger partial charge on any atom is 0.231 e. The Kier molecular flexibility index (Phi) is 12.9. The summed E-state index contributed by atoms with van der Waals surface area (Å²) in [6.45, 7) is 13.8. The summed E-state index contributed by atoms with van der Waals surface area (Å²) in [4.78, 5) is 0. The molecule has 2 nitrogen and oxygen atoms in total. The lowest BCUT2D eigenvalue weighted by molar-refractivity contribution is 0.0778. The van der Waals surface area contributed by atoms with Gasteiger partial charge < -0.3 is 9.47 Å². The Labute approximate surface area is 87.9 Å². The van der Waals surface area contributed by atoms with E-state index in [1.54, 1.807) is 6.08 Å². The third kappa shape index (κ3) is 5.46. The second-order valence-electron chi connectivity index (χ2n) is 1.84. The second-order valence-corrected chi connectivity index (χ2v) is 1.84. The van der Waals surface area contributed by atoms with E-state index < -0.39 is 0 Å². The highest BCUT2D eigenvalue weighted by molar-refractivity contribution is 5.24. The molecule has 0 unspecified atom stereocenters. The molecule has 82 valence electrons. The Morgan fingerprint density at radius 2 is 1.57 bits per heavy atom. The summed E-state index contributed by atoms with van der Waals surface area (Å²) < 4.78 is 10.2. The smallest absolute Gasteiger partial charge is 0.231 e. The molecule has 1 aliphatic rings. The molecule has 0 radical (unpaired) electrons. The van der Waals surface area contributed by atoms with Gasteiger partial charge in [0.1, 0.15) is 0 Å². The fourth-order valence-corrected chi connectivity index (χ4v) is 0.740. The predicted molar refractivity (Wildman–Crippen MR) is 61.8 cm³/mol. The monoisotopic (exact) mass is 198 g/mol. The summed E-state index contributed by atoms with van der Waals surface area (Å²) >= 11 is 0. The first-order valence-electron chi connectivity index (χ1n) is 5.13. The molecule has 1 rings (SSSR count). The van der Waals surface area contributed by atoms with Crippen LogP contribution in [0.2, 0.25) is 0 Å². The van der Waals surface area contributed by atoms with Crippen molar-refractivity contribution in [2.24, 2.45) is 0 Å². The number of hydrogen-bond donors (Lipinski definition) is 0. The molecule has 0 aliphatic carbocycles. The van der Waals surface area contributed by atoms with Gasteiger partial charge in [-0.05, 0) is 19.1 Å². The summed E-state index contributed by atoms with van der Waals surface area (Å²) in [5, 5.41) is 0. The van der Waals surface area contributed by atoms with E-state index in [4.69, 9.17) is 9.47 Å². The fourth-order valence-electron chi connectivity index (χ4n) is 0.740. The van der Waals surface area contributed by atoms with Crippen LogP contribution in [0.25, 0.3) is 0 Å². The molecule has 0 saturated heterocycles. The van der Waals surface area contributed by atoms with Crippen molar-refractivity contribution in [3.05, 3.63) is 36.3 Å². The Morgan fingerprint density at radius 1 is 1.07 bits per heavy atom. The standard InChI is InChI=1S/C8H10O2.2C2H6/c1-3-5-8-7(4-2)9-6-10-8;2*1-2/h3-5H,2,6H2,1H3;2*1-2H3/b5-3-;;. The third-order valence-corrected chi connectivity index (χ3v) is 1.18. The summed E-state index contributed by atoms with van der Waals surface area (Å²) in [7, 11) is 0. The first-order chi connectivity index (χ1) is 6.88. The molecule has 0 aromatic heterocycles. The van der Waals surface area contributed by atoms with Gasteiger partial charge in [0, 0.05) is 0 Å². The van der Waals surface area contributed by atoms with E-state index in [1.165, 1.54) is 0 Å². The van der Waals surface area contributed by atoms with Crippen LogP contribution < -0.4 is 0 Å². The van der Waals surface area contributed by atoms with Gasteiger partial charge in [-0.3, -0.25) is 0 Å². The van der Waals surface area contributed by atoms with Crippen molar-refractivity contribution in [2.45, 2.75) is 34.6 Å². The van der Waals surface area contributed by atoms with Crippen molar-refractivity contribution in [1.82, 2.24) is 0 Å². The van der Waals surface area contributed by atoms with E-state index in [0.717, 1.165) is 11.5 Å². The third-order valence-electron chi connectivity index (χ3n) is 1.18. The van der Waals surface area contributed by atoms with E-state index in [2.05, 4.69) is 6.58 Å². The largest absolute Gasteiger partial charge is 0.454 e. The number of hydrogen-bond acceptors (Lipinski definition) is 2. The number of rotatable bonds is 2. The topological polar surface area (TPSA) is 18.5 Å². The first kappa shape index (κ1) is 15.3. The van der Waals surface area contributed by atoms with Crippen molar-refractivity contribution in [2.75, 3.05) is 6.79 Å². The highest BCUT2D eigenvalue weighted by atomic mass is 16.7. The predicted octanol–water partition coefficient (Wildman–Crippen LogP) is 4.02.